The summed E-state index contributed by atoms with van der Waals surface area (Å²) in [7, 11) is 0. The van der Waals surface area contributed by atoms with Gasteiger partial charge in [-0.2, -0.15) is 0 Å². The Balaban J connectivity index is 2.93. The molecule has 0 radical (unpaired) electrons. The van der Waals surface area contributed by atoms with Crippen LogP contribution in [0.5, 0.6) is 0 Å². The van der Waals surface area contributed by atoms with Crippen molar-refractivity contribution in [2.45, 2.75) is 0 Å². The van der Waals surface area contributed by atoms with Gasteiger partial charge in [-0.3, -0.25) is 9.59 Å². The molecule has 0 aliphatic heterocycles. The lowest BCUT2D eigenvalue weighted by Crippen LogP contribution is -1.79. The first-order valence-corrected chi connectivity index (χ1v) is 3.54. The van der Waals surface area contributed by atoms with Crippen LogP contribution in [0.25, 0.3) is 6.08 Å². The molecule has 0 spiro atoms. The highest BCUT2D eigenvalue weighted by Crippen LogP contribution is 2.04. The second-order valence-electron chi connectivity index (χ2n) is 2.28. The molecule has 1 aromatic carbocycles. The molecular formula is C10H8O2. The maximum atomic E-state index is 10.3. The van der Waals surface area contributed by atoms with Gasteiger partial charge in [-0.1, -0.05) is 24.3 Å². The summed E-state index contributed by atoms with van der Waals surface area (Å²) in [4.78, 5) is 20.3. The molecule has 60 valence electrons. The molecule has 0 atom stereocenters. The maximum Gasteiger partial charge on any atom is 0.150 e. The predicted molar refractivity (Wildman–Crippen MR) is 46.9 cm³/mol. The van der Waals surface area contributed by atoms with E-state index in [4.69, 9.17) is 0 Å². The molecule has 0 heterocycles. The zero-order chi connectivity index (χ0) is 8.81. The van der Waals surface area contributed by atoms with Gasteiger partial charge in [0.05, 0.1) is 0 Å². The van der Waals surface area contributed by atoms with Crippen molar-refractivity contribution in [3.63, 3.8) is 0 Å². The van der Waals surface area contributed by atoms with Gasteiger partial charge in [0.25, 0.3) is 0 Å². The van der Waals surface area contributed by atoms with Crippen molar-refractivity contribution in [2.24, 2.45) is 0 Å². The molecule has 12 heavy (non-hydrogen) atoms. The van der Waals surface area contributed by atoms with Gasteiger partial charge >= 0.3 is 0 Å². The van der Waals surface area contributed by atoms with Crippen molar-refractivity contribution in [2.75, 3.05) is 0 Å². The van der Waals surface area contributed by atoms with Crippen LogP contribution in [0.15, 0.2) is 30.3 Å². The summed E-state index contributed by atoms with van der Waals surface area (Å²) in [6, 6.07) is 7.03. The molecule has 2 heteroatoms. The van der Waals surface area contributed by atoms with E-state index in [1.54, 1.807) is 24.3 Å². The van der Waals surface area contributed by atoms with Crippen LogP contribution in [0.4, 0.5) is 0 Å². The van der Waals surface area contributed by atoms with E-state index < -0.39 is 0 Å². The standard InChI is InChI=1S/C10H8O2/c11-6-2-5-9-3-1-4-10(7-9)8-12/h1-8H/b5-2+. The van der Waals surface area contributed by atoms with Crippen LogP contribution in [0, 0.1) is 0 Å². The molecule has 1 aromatic rings. The van der Waals surface area contributed by atoms with E-state index >= 15 is 0 Å². The highest BCUT2D eigenvalue weighted by Gasteiger charge is 1.89. The highest BCUT2D eigenvalue weighted by molar-refractivity contribution is 5.78. The topological polar surface area (TPSA) is 34.1 Å². The molecule has 1 rings (SSSR count). The van der Waals surface area contributed by atoms with Gasteiger partial charge in [-0.25, -0.2) is 0 Å². The third-order valence-electron chi connectivity index (χ3n) is 1.41. The number of carbonyl (C=O) groups is 2. The van der Waals surface area contributed by atoms with Crippen molar-refractivity contribution in [3.8, 4) is 0 Å². The minimum atomic E-state index is 0.614. The lowest BCUT2D eigenvalue weighted by atomic mass is 10.1. The predicted octanol–water partition coefficient (Wildman–Crippen LogP) is 1.71. The van der Waals surface area contributed by atoms with E-state index in [-0.39, 0.29) is 0 Å². The number of aldehydes is 2. The zero-order valence-corrected chi connectivity index (χ0v) is 6.44. The van der Waals surface area contributed by atoms with Gasteiger partial charge < -0.3 is 0 Å². The van der Waals surface area contributed by atoms with E-state index in [0.29, 0.717) is 11.8 Å². The summed E-state index contributed by atoms with van der Waals surface area (Å²) < 4.78 is 0. The third kappa shape index (κ3) is 2.16. The Hall–Kier alpha value is -1.70. The number of rotatable bonds is 3. The first-order chi connectivity index (χ1) is 5.86. The summed E-state index contributed by atoms with van der Waals surface area (Å²) in [5, 5.41) is 0. The normalized spacial score (nSPS) is 10.0. The van der Waals surface area contributed by atoms with Crippen molar-refractivity contribution in [3.05, 3.63) is 41.5 Å². The Bertz CT molecular complexity index is 313. The Morgan fingerprint density at radius 3 is 2.50 bits per heavy atom. The summed E-state index contributed by atoms with van der Waals surface area (Å²) in [6.07, 6.45) is 4.52. The average molecular weight is 160 g/mol. The number of carbonyl (C=O) groups excluding carboxylic acids is 2. The fourth-order valence-corrected chi connectivity index (χ4v) is 0.886. The van der Waals surface area contributed by atoms with Crippen molar-refractivity contribution in [1.82, 2.24) is 0 Å². The quantitative estimate of drug-likeness (QED) is 0.498. The van der Waals surface area contributed by atoms with E-state index in [1.165, 1.54) is 6.08 Å². The Morgan fingerprint density at radius 2 is 1.83 bits per heavy atom. The lowest BCUT2D eigenvalue weighted by molar-refractivity contribution is -0.104. The molecule has 0 unspecified atom stereocenters. The van der Waals surface area contributed by atoms with E-state index in [1.807, 2.05) is 6.07 Å². The van der Waals surface area contributed by atoms with Crippen LogP contribution < -0.4 is 0 Å². The van der Waals surface area contributed by atoms with Crippen molar-refractivity contribution >= 4 is 18.6 Å². The third-order valence-corrected chi connectivity index (χ3v) is 1.41. The minimum absolute atomic E-state index is 0.614. The molecular weight excluding hydrogens is 152 g/mol. The van der Waals surface area contributed by atoms with Gasteiger partial charge in [0.2, 0.25) is 0 Å². The monoisotopic (exact) mass is 160 g/mol. The van der Waals surface area contributed by atoms with Gasteiger partial charge in [-0.15, -0.1) is 0 Å². The van der Waals surface area contributed by atoms with E-state index in [9.17, 15) is 9.59 Å². The van der Waals surface area contributed by atoms with Crippen LogP contribution >= 0.6 is 0 Å². The van der Waals surface area contributed by atoms with Crippen LogP contribution in [0.1, 0.15) is 15.9 Å². The number of hydrogen-bond acceptors (Lipinski definition) is 2. The highest BCUT2D eigenvalue weighted by atomic mass is 16.1. The molecule has 0 saturated carbocycles. The van der Waals surface area contributed by atoms with Crippen molar-refractivity contribution < 1.29 is 9.59 Å². The second kappa shape index (κ2) is 4.23. The van der Waals surface area contributed by atoms with E-state index in [0.717, 1.165) is 11.8 Å². The molecule has 2 nitrogen and oxygen atoms in total. The summed E-state index contributed by atoms with van der Waals surface area (Å²) in [5.41, 5.74) is 1.47. The smallest absolute Gasteiger partial charge is 0.150 e. The van der Waals surface area contributed by atoms with Gasteiger partial charge in [0, 0.05) is 5.56 Å². The van der Waals surface area contributed by atoms with Gasteiger partial charge in [-0.05, 0) is 17.7 Å². The summed E-state index contributed by atoms with van der Waals surface area (Å²) >= 11 is 0. The van der Waals surface area contributed by atoms with Crippen LogP contribution in [0.2, 0.25) is 0 Å². The lowest BCUT2D eigenvalue weighted by Gasteiger charge is -1.92. The first-order valence-electron chi connectivity index (χ1n) is 3.54. The largest absolute Gasteiger partial charge is 0.299 e. The van der Waals surface area contributed by atoms with Gasteiger partial charge in [0.15, 0.2) is 0 Å². The summed E-state index contributed by atoms with van der Waals surface area (Å²) in [5.74, 6) is 0. The van der Waals surface area contributed by atoms with Crippen LogP contribution in [-0.4, -0.2) is 12.6 Å². The Labute approximate surface area is 70.5 Å². The minimum Gasteiger partial charge on any atom is -0.299 e. The summed E-state index contributed by atoms with van der Waals surface area (Å²) in [6.45, 7) is 0. The van der Waals surface area contributed by atoms with Crippen LogP contribution in [0.3, 0.4) is 0 Å². The molecule has 0 saturated heterocycles. The van der Waals surface area contributed by atoms with Crippen LogP contribution in [-0.2, 0) is 4.79 Å². The van der Waals surface area contributed by atoms with Crippen molar-refractivity contribution in [1.29, 1.82) is 0 Å². The molecule has 0 amide bonds. The molecule has 0 N–H and O–H groups in total. The average Bonchev–Trinajstić information content (AvgIpc) is 2.15. The second-order valence-corrected chi connectivity index (χ2v) is 2.28. The number of allylic oxidation sites excluding steroid dienone is 1. The fraction of sp³-hybridized carbons (Fsp3) is 0. The SMILES string of the molecule is O=C/C=C/c1cccc(C=O)c1. The van der Waals surface area contributed by atoms with Gasteiger partial charge in [0.1, 0.15) is 12.6 Å². The number of benzene rings is 1. The fourth-order valence-electron chi connectivity index (χ4n) is 0.886. The first kappa shape index (κ1) is 8.40. The Kier molecular flexibility index (Phi) is 2.96. The van der Waals surface area contributed by atoms with E-state index in [2.05, 4.69) is 0 Å². The zero-order valence-electron chi connectivity index (χ0n) is 6.44. The molecule has 0 aromatic heterocycles. The molecule has 0 bridgehead atoms. The molecule has 0 aliphatic carbocycles. The number of hydrogen-bond donors (Lipinski definition) is 0. The Morgan fingerprint density at radius 1 is 1.08 bits per heavy atom. The molecule has 0 fully saturated rings. The molecule has 0 aliphatic rings. The maximum absolute atomic E-state index is 10.3.